The molecule has 2 aromatic carbocycles. The molecule has 0 bridgehead atoms. The van der Waals surface area contributed by atoms with E-state index in [1.807, 2.05) is 44.2 Å². The van der Waals surface area contributed by atoms with E-state index in [0.717, 1.165) is 10.8 Å². The molecule has 0 aromatic heterocycles. The van der Waals surface area contributed by atoms with Gasteiger partial charge in [-0.15, -0.1) is 0 Å². The van der Waals surface area contributed by atoms with E-state index in [0.29, 0.717) is 12.0 Å². The Labute approximate surface area is 123 Å². The van der Waals surface area contributed by atoms with Crippen molar-refractivity contribution in [2.75, 3.05) is 0 Å². The van der Waals surface area contributed by atoms with Crippen molar-refractivity contribution in [2.24, 2.45) is 5.92 Å². The lowest BCUT2D eigenvalue weighted by Crippen LogP contribution is -2.45. The SMILES string of the molecule is CCC(C)[C@H](NC(=O)c1ccc2ccccc2c1)C(=O)O. The molecule has 2 atom stereocenters. The van der Waals surface area contributed by atoms with Crippen molar-refractivity contribution in [3.8, 4) is 0 Å². The summed E-state index contributed by atoms with van der Waals surface area (Å²) in [5.74, 6) is -1.47. The molecule has 2 rings (SSSR count). The topological polar surface area (TPSA) is 66.4 Å². The fourth-order valence-electron chi connectivity index (χ4n) is 2.24. The summed E-state index contributed by atoms with van der Waals surface area (Å²) in [4.78, 5) is 23.5. The van der Waals surface area contributed by atoms with Crippen molar-refractivity contribution in [1.29, 1.82) is 0 Å². The van der Waals surface area contributed by atoms with E-state index in [2.05, 4.69) is 5.32 Å². The molecule has 0 spiro atoms. The highest BCUT2D eigenvalue weighted by Gasteiger charge is 2.25. The number of carbonyl (C=O) groups is 2. The first kappa shape index (κ1) is 15.0. The van der Waals surface area contributed by atoms with Crippen LogP contribution in [0.4, 0.5) is 0 Å². The zero-order valence-electron chi connectivity index (χ0n) is 12.2. The Hall–Kier alpha value is -2.36. The number of carbonyl (C=O) groups excluding carboxylic acids is 1. The molecule has 110 valence electrons. The Morgan fingerprint density at radius 3 is 2.43 bits per heavy atom. The molecular formula is C17H19NO3. The Balaban J connectivity index is 2.23. The fraction of sp³-hybridized carbons (Fsp3) is 0.294. The first-order valence-electron chi connectivity index (χ1n) is 7.05. The Bertz CT molecular complexity index is 666. The highest BCUT2D eigenvalue weighted by atomic mass is 16.4. The smallest absolute Gasteiger partial charge is 0.326 e. The van der Waals surface area contributed by atoms with E-state index in [1.165, 1.54) is 0 Å². The van der Waals surface area contributed by atoms with Crippen LogP contribution < -0.4 is 5.32 Å². The number of aliphatic carboxylic acids is 1. The maximum atomic E-state index is 12.2. The number of hydrogen-bond acceptors (Lipinski definition) is 2. The minimum absolute atomic E-state index is 0.119. The van der Waals surface area contributed by atoms with Gasteiger partial charge in [0, 0.05) is 5.56 Å². The van der Waals surface area contributed by atoms with Crippen LogP contribution in [0.25, 0.3) is 10.8 Å². The minimum atomic E-state index is -1.00. The Morgan fingerprint density at radius 2 is 1.81 bits per heavy atom. The highest BCUT2D eigenvalue weighted by molar-refractivity contribution is 6.00. The summed E-state index contributed by atoms with van der Waals surface area (Å²) in [7, 11) is 0. The average Bonchev–Trinajstić information content (AvgIpc) is 2.50. The third-order valence-corrected chi connectivity index (χ3v) is 3.78. The normalized spacial score (nSPS) is 13.6. The van der Waals surface area contributed by atoms with E-state index < -0.39 is 12.0 Å². The molecule has 0 saturated heterocycles. The minimum Gasteiger partial charge on any atom is -0.480 e. The van der Waals surface area contributed by atoms with Crippen LogP contribution in [0, 0.1) is 5.92 Å². The molecule has 0 saturated carbocycles. The van der Waals surface area contributed by atoms with Gasteiger partial charge in [0.05, 0.1) is 0 Å². The van der Waals surface area contributed by atoms with Gasteiger partial charge in [0.15, 0.2) is 0 Å². The lowest BCUT2D eigenvalue weighted by atomic mass is 9.98. The van der Waals surface area contributed by atoms with Crippen molar-refractivity contribution in [3.63, 3.8) is 0 Å². The molecule has 0 fully saturated rings. The van der Waals surface area contributed by atoms with E-state index >= 15 is 0 Å². The number of carboxylic acids is 1. The van der Waals surface area contributed by atoms with Gasteiger partial charge in [-0.05, 0) is 28.8 Å². The van der Waals surface area contributed by atoms with E-state index in [-0.39, 0.29) is 11.8 Å². The fourth-order valence-corrected chi connectivity index (χ4v) is 2.24. The van der Waals surface area contributed by atoms with Gasteiger partial charge in [0.25, 0.3) is 5.91 Å². The molecule has 0 radical (unpaired) electrons. The standard InChI is InChI=1S/C17H19NO3/c1-3-11(2)15(17(20)21)18-16(19)14-9-8-12-6-4-5-7-13(12)10-14/h4-11,15H,3H2,1-2H3,(H,18,19)(H,20,21)/t11?,15-/m0/s1. The zero-order valence-corrected chi connectivity index (χ0v) is 12.2. The molecule has 0 aliphatic heterocycles. The van der Waals surface area contributed by atoms with Crippen molar-refractivity contribution in [2.45, 2.75) is 26.3 Å². The van der Waals surface area contributed by atoms with E-state index in [9.17, 15) is 14.7 Å². The van der Waals surface area contributed by atoms with Crippen LogP contribution in [0.15, 0.2) is 42.5 Å². The van der Waals surface area contributed by atoms with Crippen LogP contribution in [0.1, 0.15) is 30.6 Å². The number of carboxylic acid groups (broad SMARTS) is 1. The molecule has 1 amide bonds. The van der Waals surface area contributed by atoms with Crippen molar-refractivity contribution >= 4 is 22.6 Å². The first-order valence-corrected chi connectivity index (χ1v) is 7.05. The third kappa shape index (κ3) is 3.40. The predicted octanol–water partition coefficient (Wildman–Crippen LogP) is 3.07. The van der Waals surface area contributed by atoms with Gasteiger partial charge in [0.1, 0.15) is 6.04 Å². The van der Waals surface area contributed by atoms with Crippen LogP contribution in [-0.2, 0) is 4.79 Å². The van der Waals surface area contributed by atoms with Crippen LogP contribution in [0.5, 0.6) is 0 Å². The van der Waals surface area contributed by atoms with E-state index in [4.69, 9.17) is 0 Å². The second kappa shape index (κ2) is 6.39. The molecule has 0 aliphatic rings. The molecule has 21 heavy (non-hydrogen) atoms. The summed E-state index contributed by atoms with van der Waals surface area (Å²) in [6.07, 6.45) is 0.689. The molecule has 1 unspecified atom stereocenters. The monoisotopic (exact) mass is 285 g/mol. The lowest BCUT2D eigenvalue weighted by molar-refractivity contribution is -0.140. The van der Waals surface area contributed by atoms with Crippen LogP contribution >= 0.6 is 0 Å². The Kier molecular flexibility index (Phi) is 4.58. The molecule has 4 heteroatoms. The van der Waals surface area contributed by atoms with Crippen molar-refractivity contribution in [1.82, 2.24) is 5.32 Å². The van der Waals surface area contributed by atoms with Crippen molar-refractivity contribution in [3.05, 3.63) is 48.0 Å². The molecule has 0 heterocycles. The second-order valence-electron chi connectivity index (χ2n) is 5.24. The number of benzene rings is 2. The van der Waals surface area contributed by atoms with Gasteiger partial charge < -0.3 is 10.4 Å². The number of rotatable bonds is 5. The molecule has 4 nitrogen and oxygen atoms in total. The second-order valence-corrected chi connectivity index (χ2v) is 5.24. The summed E-state index contributed by atoms with van der Waals surface area (Å²) in [6, 6.07) is 12.2. The van der Waals surface area contributed by atoms with Crippen LogP contribution in [0.3, 0.4) is 0 Å². The largest absolute Gasteiger partial charge is 0.480 e. The van der Waals surface area contributed by atoms with Gasteiger partial charge >= 0.3 is 5.97 Å². The predicted molar refractivity (Wildman–Crippen MR) is 82.3 cm³/mol. The zero-order chi connectivity index (χ0) is 15.4. The van der Waals surface area contributed by atoms with Crippen LogP contribution in [-0.4, -0.2) is 23.0 Å². The summed E-state index contributed by atoms with van der Waals surface area (Å²) in [5.41, 5.74) is 0.475. The molecule has 2 N–H and O–H groups in total. The van der Waals surface area contributed by atoms with Crippen LogP contribution in [0.2, 0.25) is 0 Å². The van der Waals surface area contributed by atoms with E-state index in [1.54, 1.807) is 12.1 Å². The maximum Gasteiger partial charge on any atom is 0.326 e. The number of hydrogen-bond donors (Lipinski definition) is 2. The maximum absolute atomic E-state index is 12.2. The lowest BCUT2D eigenvalue weighted by Gasteiger charge is -2.20. The number of fused-ring (bicyclic) bond motifs is 1. The van der Waals surface area contributed by atoms with Gasteiger partial charge in [-0.1, -0.05) is 50.6 Å². The number of amides is 1. The Morgan fingerprint density at radius 1 is 1.14 bits per heavy atom. The summed E-state index contributed by atoms with van der Waals surface area (Å²) >= 11 is 0. The quantitative estimate of drug-likeness (QED) is 0.887. The van der Waals surface area contributed by atoms with Crippen molar-refractivity contribution < 1.29 is 14.7 Å². The number of nitrogens with one attached hydrogen (secondary N) is 1. The van der Waals surface area contributed by atoms with Gasteiger partial charge in [0.2, 0.25) is 0 Å². The highest BCUT2D eigenvalue weighted by Crippen LogP contribution is 2.16. The summed E-state index contributed by atoms with van der Waals surface area (Å²) < 4.78 is 0. The molecular weight excluding hydrogens is 266 g/mol. The molecule has 2 aromatic rings. The van der Waals surface area contributed by atoms with Gasteiger partial charge in [-0.25, -0.2) is 4.79 Å². The third-order valence-electron chi connectivity index (χ3n) is 3.78. The molecule has 0 aliphatic carbocycles. The van der Waals surface area contributed by atoms with Gasteiger partial charge in [-0.3, -0.25) is 4.79 Å². The first-order chi connectivity index (χ1) is 10.0. The average molecular weight is 285 g/mol. The summed E-state index contributed by atoms with van der Waals surface area (Å²) in [6.45, 7) is 3.72. The summed E-state index contributed by atoms with van der Waals surface area (Å²) in [5, 5.41) is 13.8. The van der Waals surface area contributed by atoms with Gasteiger partial charge in [-0.2, -0.15) is 0 Å².